The normalized spacial score (nSPS) is 19.1. The SMILES string of the molecule is COc1ccc(OC)c(CN2CCN(CC(=O)NC3CC3)CC2)c1. The maximum absolute atomic E-state index is 11.9. The molecule has 1 saturated heterocycles. The molecule has 1 amide bonds. The minimum atomic E-state index is 0.167. The molecule has 3 rings (SSSR count). The lowest BCUT2D eigenvalue weighted by Gasteiger charge is -2.34. The van der Waals surface area contributed by atoms with Gasteiger partial charge in [-0.3, -0.25) is 14.6 Å². The van der Waals surface area contributed by atoms with Crippen LogP contribution in [0.25, 0.3) is 0 Å². The summed E-state index contributed by atoms with van der Waals surface area (Å²) >= 11 is 0. The van der Waals surface area contributed by atoms with Crippen molar-refractivity contribution in [2.75, 3.05) is 46.9 Å². The molecule has 1 heterocycles. The molecule has 24 heavy (non-hydrogen) atoms. The standard InChI is InChI=1S/C18H27N3O3/c1-23-16-5-6-17(24-2)14(11-16)12-20-7-9-21(10-8-20)13-18(22)19-15-3-4-15/h5-6,11,15H,3-4,7-10,12-13H2,1-2H3,(H,19,22). The van der Waals surface area contributed by atoms with Crippen molar-refractivity contribution >= 4 is 5.91 Å². The van der Waals surface area contributed by atoms with Crippen LogP contribution in [0.15, 0.2) is 18.2 Å². The Balaban J connectivity index is 1.49. The second-order valence-electron chi connectivity index (χ2n) is 6.57. The van der Waals surface area contributed by atoms with Crippen molar-refractivity contribution in [3.05, 3.63) is 23.8 Å². The highest BCUT2D eigenvalue weighted by molar-refractivity contribution is 5.78. The fraction of sp³-hybridized carbons (Fsp3) is 0.611. The highest BCUT2D eigenvalue weighted by Gasteiger charge is 2.25. The molecular weight excluding hydrogens is 306 g/mol. The summed E-state index contributed by atoms with van der Waals surface area (Å²) in [6, 6.07) is 6.35. The molecule has 1 aromatic rings. The minimum absolute atomic E-state index is 0.167. The average molecular weight is 333 g/mol. The Morgan fingerprint density at radius 3 is 2.46 bits per heavy atom. The van der Waals surface area contributed by atoms with Crippen LogP contribution in [0.4, 0.5) is 0 Å². The first-order chi connectivity index (χ1) is 11.7. The topological polar surface area (TPSA) is 54.0 Å². The molecule has 6 nitrogen and oxygen atoms in total. The molecule has 2 aliphatic rings. The quantitative estimate of drug-likeness (QED) is 0.810. The first kappa shape index (κ1) is 17.0. The number of ether oxygens (including phenoxy) is 2. The molecule has 1 aliphatic heterocycles. The molecule has 0 atom stereocenters. The summed E-state index contributed by atoms with van der Waals surface area (Å²) in [7, 11) is 3.37. The first-order valence-electron chi connectivity index (χ1n) is 8.63. The number of rotatable bonds is 7. The second-order valence-corrected chi connectivity index (χ2v) is 6.57. The van der Waals surface area contributed by atoms with Gasteiger partial charge in [-0.2, -0.15) is 0 Å². The van der Waals surface area contributed by atoms with Crippen molar-refractivity contribution in [3.63, 3.8) is 0 Å². The number of nitrogens with zero attached hydrogens (tertiary/aromatic N) is 2. The Kier molecular flexibility index (Phi) is 5.58. The van der Waals surface area contributed by atoms with E-state index in [0.29, 0.717) is 12.6 Å². The van der Waals surface area contributed by atoms with Crippen LogP contribution in [-0.2, 0) is 11.3 Å². The van der Waals surface area contributed by atoms with Crippen molar-refractivity contribution in [1.29, 1.82) is 0 Å². The van der Waals surface area contributed by atoms with Gasteiger partial charge in [0.25, 0.3) is 0 Å². The monoisotopic (exact) mass is 333 g/mol. The van der Waals surface area contributed by atoms with Gasteiger partial charge in [0.05, 0.1) is 20.8 Å². The number of hydrogen-bond acceptors (Lipinski definition) is 5. The molecular formula is C18H27N3O3. The van der Waals surface area contributed by atoms with Gasteiger partial charge in [0, 0.05) is 44.3 Å². The third-order valence-electron chi connectivity index (χ3n) is 4.66. The third kappa shape index (κ3) is 4.61. The third-order valence-corrected chi connectivity index (χ3v) is 4.66. The van der Waals surface area contributed by atoms with E-state index in [9.17, 15) is 4.79 Å². The zero-order chi connectivity index (χ0) is 16.9. The largest absolute Gasteiger partial charge is 0.497 e. The van der Waals surface area contributed by atoms with Crippen molar-refractivity contribution in [2.24, 2.45) is 0 Å². The summed E-state index contributed by atoms with van der Waals surface area (Å²) in [6.45, 7) is 5.11. The summed E-state index contributed by atoms with van der Waals surface area (Å²) < 4.78 is 10.8. The lowest BCUT2D eigenvalue weighted by atomic mass is 10.1. The van der Waals surface area contributed by atoms with E-state index in [2.05, 4.69) is 15.1 Å². The van der Waals surface area contributed by atoms with Crippen LogP contribution in [-0.4, -0.2) is 68.7 Å². The number of carbonyl (C=O) groups is 1. The number of carbonyl (C=O) groups excluding carboxylic acids is 1. The van der Waals surface area contributed by atoms with Gasteiger partial charge in [0.1, 0.15) is 11.5 Å². The van der Waals surface area contributed by atoms with E-state index >= 15 is 0 Å². The predicted molar refractivity (Wildman–Crippen MR) is 92.4 cm³/mol. The van der Waals surface area contributed by atoms with Crippen LogP contribution >= 0.6 is 0 Å². The molecule has 1 saturated carbocycles. The van der Waals surface area contributed by atoms with Gasteiger partial charge < -0.3 is 14.8 Å². The number of hydrogen-bond donors (Lipinski definition) is 1. The maximum atomic E-state index is 11.9. The molecule has 0 aromatic heterocycles. The number of benzene rings is 1. The van der Waals surface area contributed by atoms with Crippen LogP contribution in [0, 0.1) is 0 Å². The molecule has 2 fully saturated rings. The van der Waals surface area contributed by atoms with Crippen LogP contribution in [0.3, 0.4) is 0 Å². The number of amides is 1. The van der Waals surface area contributed by atoms with Gasteiger partial charge in [-0.25, -0.2) is 0 Å². The van der Waals surface area contributed by atoms with Crippen LogP contribution < -0.4 is 14.8 Å². The van der Waals surface area contributed by atoms with Gasteiger partial charge in [-0.05, 0) is 31.0 Å². The van der Waals surface area contributed by atoms with E-state index in [1.807, 2.05) is 18.2 Å². The van der Waals surface area contributed by atoms with Crippen molar-refractivity contribution in [3.8, 4) is 11.5 Å². The van der Waals surface area contributed by atoms with E-state index in [1.165, 1.54) is 0 Å². The lowest BCUT2D eigenvalue weighted by Crippen LogP contribution is -2.49. The van der Waals surface area contributed by atoms with Crippen molar-refractivity contribution < 1.29 is 14.3 Å². The minimum Gasteiger partial charge on any atom is -0.497 e. The summed E-state index contributed by atoms with van der Waals surface area (Å²) in [5.41, 5.74) is 1.14. The first-order valence-corrected chi connectivity index (χ1v) is 8.63. The Labute approximate surface area is 143 Å². The fourth-order valence-corrected chi connectivity index (χ4v) is 3.06. The smallest absolute Gasteiger partial charge is 0.234 e. The van der Waals surface area contributed by atoms with E-state index < -0.39 is 0 Å². The Hall–Kier alpha value is -1.79. The molecule has 1 aliphatic carbocycles. The van der Waals surface area contributed by atoms with Crippen LogP contribution in [0.1, 0.15) is 18.4 Å². The van der Waals surface area contributed by atoms with Gasteiger partial charge >= 0.3 is 0 Å². The van der Waals surface area contributed by atoms with Gasteiger partial charge in [0.2, 0.25) is 5.91 Å². The maximum Gasteiger partial charge on any atom is 0.234 e. The summed E-state index contributed by atoms with van der Waals surface area (Å²) in [6.07, 6.45) is 2.28. The van der Waals surface area contributed by atoms with E-state index in [-0.39, 0.29) is 5.91 Å². The Bertz CT molecular complexity index is 567. The van der Waals surface area contributed by atoms with Crippen LogP contribution in [0.2, 0.25) is 0 Å². The summed E-state index contributed by atoms with van der Waals surface area (Å²) in [5, 5.41) is 3.06. The Morgan fingerprint density at radius 1 is 1.12 bits per heavy atom. The highest BCUT2D eigenvalue weighted by Crippen LogP contribution is 2.25. The molecule has 0 radical (unpaired) electrons. The Morgan fingerprint density at radius 2 is 1.83 bits per heavy atom. The van der Waals surface area contributed by atoms with Crippen LogP contribution in [0.5, 0.6) is 11.5 Å². The van der Waals surface area contributed by atoms with Gasteiger partial charge in [-0.1, -0.05) is 0 Å². The zero-order valence-corrected chi connectivity index (χ0v) is 14.6. The number of methoxy groups -OCH3 is 2. The number of nitrogens with one attached hydrogen (secondary N) is 1. The molecule has 0 spiro atoms. The summed E-state index contributed by atoms with van der Waals surface area (Å²) in [5.74, 6) is 1.91. The van der Waals surface area contributed by atoms with E-state index in [1.54, 1.807) is 14.2 Å². The predicted octanol–water partition coefficient (Wildman–Crippen LogP) is 1.10. The molecule has 6 heteroatoms. The van der Waals surface area contributed by atoms with Gasteiger partial charge in [0.15, 0.2) is 0 Å². The average Bonchev–Trinajstić information content (AvgIpc) is 3.40. The van der Waals surface area contributed by atoms with Crippen molar-refractivity contribution in [1.82, 2.24) is 15.1 Å². The second kappa shape index (κ2) is 7.85. The van der Waals surface area contributed by atoms with E-state index in [0.717, 1.165) is 62.6 Å². The lowest BCUT2D eigenvalue weighted by molar-refractivity contribution is -0.122. The highest BCUT2D eigenvalue weighted by atomic mass is 16.5. The molecule has 1 aromatic carbocycles. The fourth-order valence-electron chi connectivity index (χ4n) is 3.06. The number of piperazine rings is 1. The molecule has 132 valence electrons. The van der Waals surface area contributed by atoms with Crippen molar-refractivity contribution in [2.45, 2.75) is 25.4 Å². The molecule has 1 N–H and O–H groups in total. The molecule has 0 unspecified atom stereocenters. The van der Waals surface area contributed by atoms with E-state index in [4.69, 9.17) is 9.47 Å². The summed E-state index contributed by atoms with van der Waals surface area (Å²) in [4.78, 5) is 16.5. The molecule has 0 bridgehead atoms. The zero-order valence-electron chi connectivity index (χ0n) is 14.6. The van der Waals surface area contributed by atoms with Gasteiger partial charge in [-0.15, -0.1) is 0 Å².